The molecule has 0 aliphatic carbocycles. The molecule has 4 heteroatoms. The molecule has 0 aromatic rings. The zero-order chi connectivity index (χ0) is 11.2. The summed E-state index contributed by atoms with van der Waals surface area (Å²) >= 11 is 0. The summed E-state index contributed by atoms with van der Waals surface area (Å²) in [5, 5.41) is 0. The predicted octanol–water partition coefficient (Wildman–Crippen LogP) is 1.58. The van der Waals surface area contributed by atoms with Crippen LogP contribution in [0.4, 0.5) is 0 Å². The molecule has 14 heavy (non-hydrogen) atoms. The minimum absolute atomic E-state index is 0.157. The molecule has 0 heterocycles. The van der Waals surface area contributed by atoms with Gasteiger partial charge in [-0.05, 0) is 37.6 Å². The summed E-state index contributed by atoms with van der Waals surface area (Å²) in [6, 6.07) is 0. The first-order chi connectivity index (χ1) is 6.39. The number of rotatable bonds is 7. The van der Waals surface area contributed by atoms with E-state index in [9.17, 15) is 8.42 Å². The zero-order valence-electron chi connectivity index (χ0n) is 9.54. The third-order valence-corrected chi connectivity index (χ3v) is 4.19. The van der Waals surface area contributed by atoms with Crippen molar-refractivity contribution in [3.05, 3.63) is 0 Å². The predicted molar refractivity (Wildman–Crippen MR) is 61.0 cm³/mol. The Morgan fingerprint density at radius 3 is 2.00 bits per heavy atom. The Labute approximate surface area is 88.0 Å². The van der Waals surface area contributed by atoms with Gasteiger partial charge >= 0.3 is 0 Å². The third kappa shape index (κ3) is 4.96. The number of sulfone groups is 1. The highest BCUT2D eigenvalue weighted by Crippen LogP contribution is 2.30. The van der Waals surface area contributed by atoms with E-state index in [0.29, 0.717) is 6.54 Å². The third-order valence-electron chi connectivity index (χ3n) is 3.16. The molecular weight excluding hydrogens is 198 g/mol. The fraction of sp³-hybridized carbons (Fsp3) is 1.00. The highest BCUT2D eigenvalue weighted by molar-refractivity contribution is 7.90. The van der Waals surface area contributed by atoms with Gasteiger partial charge in [-0.1, -0.05) is 13.8 Å². The molecule has 0 bridgehead atoms. The van der Waals surface area contributed by atoms with Gasteiger partial charge in [0.15, 0.2) is 0 Å². The summed E-state index contributed by atoms with van der Waals surface area (Å²) in [5.74, 6) is 0.286. The Balaban J connectivity index is 4.08. The van der Waals surface area contributed by atoms with Gasteiger partial charge in [0.05, 0.1) is 0 Å². The van der Waals surface area contributed by atoms with E-state index in [1.54, 1.807) is 0 Å². The summed E-state index contributed by atoms with van der Waals surface area (Å²) in [6.07, 6.45) is 5.00. The summed E-state index contributed by atoms with van der Waals surface area (Å²) < 4.78 is 21.9. The van der Waals surface area contributed by atoms with Crippen LogP contribution in [0.5, 0.6) is 0 Å². The van der Waals surface area contributed by atoms with Crippen molar-refractivity contribution in [3.63, 3.8) is 0 Å². The molecule has 0 rings (SSSR count). The summed E-state index contributed by atoms with van der Waals surface area (Å²) in [6.45, 7) is 4.90. The lowest BCUT2D eigenvalue weighted by Crippen LogP contribution is -2.29. The SMILES string of the molecule is CCC(CC)(CN)CCCS(C)(=O)=O. The van der Waals surface area contributed by atoms with E-state index in [4.69, 9.17) is 5.73 Å². The van der Waals surface area contributed by atoms with Crippen LogP contribution in [-0.2, 0) is 9.84 Å². The molecule has 0 atom stereocenters. The molecule has 2 N–H and O–H groups in total. The minimum atomic E-state index is -2.81. The lowest BCUT2D eigenvalue weighted by Gasteiger charge is -2.29. The van der Waals surface area contributed by atoms with E-state index in [2.05, 4.69) is 13.8 Å². The van der Waals surface area contributed by atoms with E-state index in [1.807, 2.05) is 0 Å². The molecule has 86 valence electrons. The van der Waals surface area contributed by atoms with Crippen LogP contribution in [0.15, 0.2) is 0 Å². The second-order valence-corrected chi connectivity index (χ2v) is 6.40. The summed E-state index contributed by atoms with van der Waals surface area (Å²) in [5.41, 5.74) is 5.89. The highest BCUT2D eigenvalue weighted by atomic mass is 32.2. The molecule has 0 aromatic heterocycles. The fourth-order valence-electron chi connectivity index (χ4n) is 1.70. The van der Waals surface area contributed by atoms with Gasteiger partial charge in [-0.15, -0.1) is 0 Å². The van der Waals surface area contributed by atoms with Crippen molar-refractivity contribution >= 4 is 9.84 Å². The molecule has 0 aromatic carbocycles. The van der Waals surface area contributed by atoms with Gasteiger partial charge in [-0.2, -0.15) is 0 Å². The topological polar surface area (TPSA) is 60.2 Å². The van der Waals surface area contributed by atoms with Gasteiger partial charge in [0.2, 0.25) is 0 Å². The molecule has 0 fully saturated rings. The van der Waals surface area contributed by atoms with Gasteiger partial charge in [0, 0.05) is 12.0 Å². The molecule has 0 spiro atoms. The fourth-order valence-corrected chi connectivity index (χ4v) is 2.37. The smallest absolute Gasteiger partial charge is 0.147 e. The summed E-state index contributed by atoms with van der Waals surface area (Å²) in [4.78, 5) is 0. The van der Waals surface area contributed by atoms with Crippen molar-refractivity contribution < 1.29 is 8.42 Å². The Morgan fingerprint density at radius 2 is 1.71 bits per heavy atom. The standard InChI is InChI=1S/C10H23NO2S/c1-4-10(5-2,9-11)7-6-8-14(3,12)13/h4-9,11H2,1-3H3. The molecule has 0 amide bonds. The van der Waals surface area contributed by atoms with Crippen LogP contribution in [0.3, 0.4) is 0 Å². The molecule has 0 saturated carbocycles. The van der Waals surface area contributed by atoms with Gasteiger partial charge < -0.3 is 5.73 Å². The lowest BCUT2D eigenvalue weighted by atomic mass is 9.78. The van der Waals surface area contributed by atoms with Crippen LogP contribution >= 0.6 is 0 Å². The van der Waals surface area contributed by atoms with Gasteiger partial charge in [0.1, 0.15) is 9.84 Å². The van der Waals surface area contributed by atoms with Gasteiger partial charge in [-0.25, -0.2) is 8.42 Å². The molecular formula is C10H23NO2S. The van der Waals surface area contributed by atoms with Crippen LogP contribution in [0.1, 0.15) is 39.5 Å². The van der Waals surface area contributed by atoms with Crippen LogP contribution in [0.25, 0.3) is 0 Å². The normalized spacial score (nSPS) is 13.1. The highest BCUT2D eigenvalue weighted by Gasteiger charge is 2.23. The molecule has 0 aliphatic heterocycles. The van der Waals surface area contributed by atoms with E-state index in [0.717, 1.165) is 25.7 Å². The van der Waals surface area contributed by atoms with Crippen molar-refractivity contribution in [2.75, 3.05) is 18.6 Å². The molecule has 0 aliphatic rings. The number of hydrogen-bond donors (Lipinski definition) is 1. The van der Waals surface area contributed by atoms with Gasteiger partial charge in [-0.3, -0.25) is 0 Å². The zero-order valence-corrected chi connectivity index (χ0v) is 10.4. The first-order valence-electron chi connectivity index (χ1n) is 5.27. The number of nitrogens with two attached hydrogens (primary N) is 1. The first kappa shape index (κ1) is 13.9. The summed E-state index contributed by atoms with van der Waals surface area (Å²) in [7, 11) is -2.81. The van der Waals surface area contributed by atoms with Crippen molar-refractivity contribution in [2.45, 2.75) is 39.5 Å². The lowest BCUT2D eigenvalue weighted by molar-refractivity contribution is 0.248. The van der Waals surface area contributed by atoms with E-state index < -0.39 is 9.84 Å². The molecule has 0 radical (unpaired) electrons. The average Bonchev–Trinajstić information content (AvgIpc) is 2.11. The second kappa shape index (κ2) is 5.71. The van der Waals surface area contributed by atoms with Crippen LogP contribution < -0.4 is 5.73 Å². The Hall–Kier alpha value is -0.0900. The van der Waals surface area contributed by atoms with Crippen molar-refractivity contribution in [1.82, 2.24) is 0 Å². The van der Waals surface area contributed by atoms with Crippen LogP contribution in [0, 0.1) is 5.41 Å². The maximum absolute atomic E-state index is 11.0. The van der Waals surface area contributed by atoms with E-state index in [-0.39, 0.29) is 11.2 Å². The second-order valence-electron chi connectivity index (χ2n) is 4.14. The molecule has 0 unspecified atom stereocenters. The number of hydrogen-bond acceptors (Lipinski definition) is 3. The Morgan fingerprint density at radius 1 is 1.21 bits per heavy atom. The van der Waals surface area contributed by atoms with Crippen LogP contribution in [-0.4, -0.2) is 27.0 Å². The van der Waals surface area contributed by atoms with Crippen molar-refractivity contribution in [1.29, 1.82) is 0 Å². The van der Waals surface area contributed by atoms with Crippen molar-refractivity contribution in [2.24, 2.45) is 11.1 Å². The molecule has 0 saturated heterocycles. The van der Waals surface area contributed by atoms with Crippen LogP contribution in [0.2, 0.25) is 0 Å². The van der Waals surface area contributed by atoms with E-state index >= 15 is 0 Å². The molecule has 3 nitrogen and oxygen atoms in total. The monoisotopic (exact) mass is 221 g/mol. The van der Waals surface area contributed by atoms with E-state index in [1.165, 1.54) is 6.26 Å². The van der Waals surface area contributed by atoms with Crippen molar-refractivity contribution in [3.8, 4) is 0 Å². The Bertz CT molecular complexity index is 235. The maximum atomic E-state index is 11.0. The average molecular weight is 221 g/mol. The quantitative estimate of drug-likeness (QED) is 0.710. The maximum Gasteiger partial charge on any atom is 0.147 e. The largest absolute Gasteiger partial charge is 0.330 e. The Kier molecular flexibility index (Phi) is 5.67. The minimum Gasteiger partial charge on any atom is -0.330 e. The first-order valence-corrected chi connectivity index (χ1v) is 7.33. The van der Waals surface area contributed by atoms with Gasteiger partial charge in [0.25, 0.3) is 0 Å².